The summed E-state index contributed by atoms with van der Waals surface area (Å²) in [5.41, 5.74) is 5.65. The first-order valence-electron chi connectivity index (χ1n) is 8.06. The van der Waals surface area contributed by atoms with E-state index in [-0.39, 0.29) is 5.95 Å². The zero-order valence-electron chi connectivity index (χ0n) is 14.1. The molecule has 6 N–H and O–H groups in total. The Balaban J connectivity index is 0.000000333. The highest BCUT2D eigenvalue weighted by Gasteiger charge is 2.14. The Bertz CT molecular complexity index is 586. The average molecular weight is 352 g/mol. The molecule has 0 aliphatic heterocycles. The number of nitrogens with zero attached hydrogens (tertiary/aromatic N) is 3. The second-order valence-electron chi connectivity index (χ2n) is 5.36. The number of hydrogen-bond acceptors (Lipinski definition) is 8. The topological polar surface area (TPSA) is 163 Å². The van der Waals surface area contributed by atoms with Crippen LogP contribution in [0, 0.1) is 0 Å². The standard InChI is InChI=1S/C11H20N6.C4H4O4/c1-2-13-10-15-9(12)16-11(17-10)14-8-6-4-3-5-7-8;5-3(6)1-2-4(7)8/h8H,2-7H2,1H3,(H4,12,13,14,15,16,17);1-2H,(H,5,6)(H,7,8)/b;2-1-. The number of nitrogen functional groups attached to an aromatic ring is 1. The van der Waals surface area contributed by atoms with Gasteiger partial charge in [-0.2, -0.15) is 15.0 Å². The predicted octanol–water partition coefficient (Wildman–Crippen LogP) is 1.34. The second-order valence-corrected chi connectivity index (χ2v) is 5.36. The van der Waals surface area contributed by atoms with Crippen molar-refractivity contribution in [2.24, 2.45) is 0 Å². The molecular formula is C15H24N6O4. The summed E-state index contributed by atoms with van der Waals surface area (Å²) in [4.78, 5) is 31.5. The summed E-state index contributed by atoms with van der Waals surface area (Å²) in [5.74, 6) is -1.13. The maximum Gasteiger partial charge on any atom is 0.328 e. The van der Waals surface area contributed by atoms with Crippen LogP contribution in [-0.4, -0.2) is 49.7 Å². The van der Waals surface area contributed by atoms with E-state index in [1.165, 1.54) is 32.1 Å². The Morgan fingerprint density at radius 2 is 1.64 bits per heavy atom. The maximum absolute atomic E-state index is 9.55. The minimum absolute atomic E-state index is 0.259. The Morgan fingerprint density at radius 1 is 1.08 bits per heavy atom. The number of nitrogens with one attached hydrogen (secondary N) is 2. The zero-order chi connectivity index (χ0) is 18.7. The number of carboxylic acids is 2. The van der Waals surface area contributed by atoms with Crippen molar-refractivity contribution in [1.29, 1.82) is 0 Å². The third-order valence-electron chi connectivity index (χ3n) is 3.29. The van der Waals surface area contributed by atoms with Crippen molar-refractivity contribution in [3.8, 4) is 0 Å². The maximum atomic E-state index is 9.55. The van der Waals surface area contributed by atoms with E-state index >= 15 is 0 Å². The Morgan fingerprint density at radius 3 is 2.16 bits per heavy atom. The molecule has 138 valence electrons. The molecule has 1 aliphatic rings. The molecule has 0 aromatic carbocycles. The lowest BCUT2D eigenvalue weighted by Crippen LogP contribution is -2.24. The van der Waals surface area contributed by atoms with Crippen LogP contribution >= 0.6 is 0 Å². The normalized spacial score (nSPS) is 14.4. The second kappa shape index (κ2) is 10.8. The van der Waals surface area contributed by atoms with Gasteiger partial charge >= 0.3 is 11.9 Å². The lowest BCUT2D eigenvalue weighted by atomic mass is 9.96. The van der Waals surface area contributed by atoms with Crippen molar-refractivity contribution in [2.45, 2.75) is 45.1 Å². The van der Waals surface area contributed by atoms with Gasteiger partial charge in [0.15, 0.2) is 0 Å². The highest BCUT2D eigenvalue weighted by atomic mass is 16.4. The lowest BCUT2D eigenvalue weighted by Gasteiger charge is -2.22. The first kappa shape index (κ1) is 20.1. The molecule has 10 nitrogen and oxygen atoms in total. The van der Waals surface area contributed by atoms with Gasteiger partial charge in [-0.05, 0) is 19.8 Å². The van der Waals surface area contributed by atoms with Crippen LogP contribution in [0.3, 0.4) is 0 Å². The smallest absolute Gasteiger partial charge is 0.328 e. The number of anilines is 3. The van der Waals surface area contributed by atoms with Crippen molar-refractivity contribution in [3.63, 3.8) is 0 Å². The number of nitrogens with two attached hydrogens (primary N) is 1. The number of carbonyl (C=O) groups is 2. The SMILES string of the molecule is CCNc1nc(N)nc(NC2CCCCC2)n1.O=C(O)/C=C\C(=O)O. The molecule has 10 heteroatoms. The van der Waals surface area contributed by atoms with Crippen LogP contribution in [-0.2, 0) is 9.59 Å². The average Bonchev–Trinajstić information content (AvgIpc) is 2.54. The number of aliphatic carboxylic acids is 2. The van der Waals surface area contributed by atoms with Crippen molar-refractivity contribution < 1.29 is 19.8 Å². The van der Waals surface area contributed by atoms with E-state index in [1.54, 1.807) is 0 Å². The number of hydrogen-bond donors (Lipinski definition) is 5. The van der Waals surface area contributed by atoms with Gasteiger partial charge < -0.3 is 26.6 Å². The molecule has 2 rings (SSSR count). The van der Waals surface area contributed by atoms with Gasteiger partial charge in [0.05, 0.1) is 0 Å². The summed E-state index contributed by atoms with van der Waals surface area (Å²) in [7, 11) is 0. The largest absolute Gasteiger partial charge is 0.478 e. The van der Waals surface area contributed by atoms with Crippen LogP contribution in [0.15, 0.2) is 12.2 Å². The van der Waals surface area contributed by atoms with Crippen LogP contribution in [0.4, 0.5) is 17.8 Å². The van der Waals surface area contributed by atoms with E-state index in [0.29, 0.717) is 30.1 Å². The number of rotatable bonds is 6. The quantitative estimate of drug-likeness (QED) is 0.472. The van der Waals surface area contributed by atoms with Crippen LogP contribution < -0.4 is 16.4 Å². The summed E-state index contributed by atoms with van der Waals surface area (Å²) in [6, 6.07) is 0.472. The van der Waals surface area contributed by atoms with Crippen molar-refractivity contribution in [3.05, 3.63) is 12.2 Å². The first-order chi connectivity index (χ1) is 11.9. The van der Waals surface area contributed by atoms with Crippen LogP contribution in [0.2, 0.25) is 0 Å². The van der Waals surface area contributed by atoms with E-state index in [0.717, 1.165) is 6.54 Å². The highest BCUT2D eigenvalue weighted by Crippen LogP contribution is 2.20. The molecule has 1 saturated carbocycles. The highest BCUT2D eigenvalue weighted by molar-refractivity contribution is 5.89. The fourth-order valence-corrected chi connectivity index (χ4v) is 2.27. The summed E-state index contributed by atoms with van der Waals surface area (Å²) in [6.45, 7) is 2.76. The van der Waals surface area contributed by atoms with Crippen LogP contribution in [0.1, 0.15) is 39.0 Å². The number of carboxylic acid groups (broad SMARTS) is 2. The molecule has 25 heavy (non-hydrogen) atoms. The minimum Gasteiger partial charge on any atom is -0.478 e. The molecule has 0 unspecified atom stereocenters. The van der Waals surface area contributed by atoms with Gasteiger partial charge in [0.2, 0.25) is 17.8 Å². The molecule has 0 amide bonds. The first-order valence-corrected chi connectivity index (χ1v) is 8.06. The number of aromatic nitrogens is 3. The van der Waals surface area contributed by atoms with Gasteiger partial charge in [0, 0.05) is 24.7 Å². The Labute approximate surface area is 145 Å². The summed E-state index contributed by atoms with van der Waals surface area (Å²) in [5, 5.41) is 22.0. The van der Waals surface area contributed by atoms with Gasteiger partial charge in [0.1, 0.15) is 0 Å². The molecule has 0 bridgehead atoms. The van der Waals surface area contributed by atoms with E-state index in [9.17, 15) is 9.59 Å². The summed E-state index contributed by atoms with van der Waals surface area (Å²) >= 11 is 0. The summed E-state index contributed by atoms with van der Waals surface area (Å²) < 4.78 is 0. The van der Waals surface area contributed by atoms with Gasteiger partial charge in [-0.1, -0.05) is 19.3 Å². The molecular weight excluding hydrogens is 328 g/mol. The fourth-order valence-electron chi connectivity index (χ4n) is 2.27. The van der Waals surface area contributed by atoms with Crippen LogP contribution in [0.5, 0.6) is 0 Å². The van der Waals surface area contributed by atoms with E-state index < -0.39 is 11.9 Å². The van der Waals surface area contributed by atoms with E-state index in [1.807, 2.05) is 6.92 Å². The van der Waals surface area contributed by atoms with Crippen molar-refractivity contribution >= 4 is 29.8 Å². The molecule has 0 spiro atoms. The fraction of sp³-hybridized carbons (Fsp3) is 0.533. The molecule has 1 aliphatic carbocycles. The molecule has 1 aromatic heterocycles. The third-order valence-corrected chi connectivity index (χ3v) is 3.29. The van der Waals surface area contributed by atoms with Gasteiger partial charge in [-0.15, -0.1) is 0 Å². The summed E-state index contributed by atoms with van der Waals surface area (Å²) in [6.07, 6.45) is 7.37. The van der Waals surface area contributed by atoms with E-state index in [4.69, 9.17) is 15.9 Å². The Hall–Kier alpha value is -2.91. The van der Waals surface area contributed by atoms with Gasteiger partial charge in [-0.3, -0.25) is 0 Å². The van der Waals surface area contributed by atoms with Gasteiger partial charge in [0.25, 0.3) is 0 Å². The van der Waals surface area contributed by atoms with Crippen molar-refractivity contribution in [1.82, 2.24) is 15.0 Å². The van der Waals surface area contributed by atoms with Crippen LogP contribution in [0.25, 0.3) is 0 Å². The molecule has 1 heterocycles. The minimum atomic E-state index is -1.26. The van der Waals surface area contributed by atoms with Crippen molar-refractivity contribution in [2.75, 3.05) is 22.9 Å². The predicted molar refractivity (Wildman–Crippen MR) is 93.3 cm³/mol. The third kappa shape index (κ3) is 9.08. The molecule has 0 atom stereocenters. The van der Waals surface area contributed by atoms with E-state index in [2.05, 4.69) is 25.6 Å². The molecule has 0 saturated heterocycles. The molecule has 1 aromatic rings. The molecule has 1 fully saturated rings. The molecule has 0 radical (unpaired) electrons. The zero-order valence-corrected chi connectivity index (χ0v) is 14.1. The van der Waals surface area contributed by atoms with Gasteiger partial charge in [-0.25, -0.2) is 9.59 Å². The monoisotopic (exact) mass is 352 g/mol. The lowest BCUT2D eigenvalue weighted by molar-refractivity contribution is -0.134. The Kier molecular flexibility index (Phi) is 8.69.